The van der Waals surface area contributed by atoms with E-state index in [9.17, 15) is 4.79 Å². The van der Waals surface area contributed by atoms with E-state index in [4.69, 9.17) is 4.74 Å². The molecule has 0 N–H and O–H groups in total. The molecule has 1 unspecified atom stereocenters. The number of ketones is 1. The molecule has 0 radical (unpaired) electrons. The van der Waals surface area contributed by atoms with Crippen molar-refractivity contribution < 1.29 is 9.53 Å². The number of ether oxygens (including phenoxy) is 1. The molecular formula is C17H25NO2. The van der Waals surface area contributed by atoms with Gasteiger partial charge in [-0.05, 0) is 62.4 Å². The Morgan fingerprint density at radius 1 is 1.25 bits per heavy atom. The van der Waals surface area contributed by atoms with Gasteiger partial charge in [-0.15, -0.1) is 0 Å². The second-order valence-electron chi connectivity index (χ2n) is 6.02. The molecule has 0 aromatic heterocycles. The van der Waals surface area contributed by atoms with Crippen LogP contribution in [-0.2, 0) is 4.74 Å². The van der Waals surface area contributed by atoms with Gasteiger partial charge in [0.05, 0.1) is 13.2 Å². The summed E-state index contributed by atoms with van der Waals surface area (Å²) in [4.78, 5) is 14.7. The van der Waals surface area contributed by atoms with Crippen LogP contribution in [0.5, 0.6) is 0 Å². The molecule has 20 heavy (non-hydrogen) atoms. The second-order valence-corrected chi connectivity index (χ2v) is 6.02. The summed E-state index contributed by atoms with van der Waals surface area (Å²) < 4.78 is 5.20. The Balaban J connectivity index is 2.01. The third-order valence-electron chi connectivity index (χ3n) is 4.28. The van der Waals surface area contributed by atoms with Gasteiger partial charge in [0.1, 0.15) is 0 Å². The molecule has 110 valence electrons. The van der Waals surface area contributed by atoms with Crippen molar-refractivity contribution >= 4 is 5.78 Å². The van der Waals surface area contributed by atoms with Crippen molar-refractivity contribution in [2.24, 2.45) is 5.92 Å². The van der Waals surface area contributed by atoms with E-state index in [2.05, 4.69) is 24.8 Å². The van der Waals surface area contributed by atoms with E-state index in [0.29, 0.717) is 12.5 Å². The first-order valence-electron chi connectivity index (χ1n) is 7.33. The van der Waals surface area contributed by atoms with E-state index in [1.165, 1.54) is 11.1 Å². The first-order valence-corrected chi connectivity index (χ1v) is 7.33. The summed E-state index contributed by atoms with van der Waals surface area (Å²) in [6.07, 6.45) is 1.13. The van der Waals surface area contributed by atoms with Crippen LogP contribution in [0.2, 0.25) is 0 Å². The summed E-state index contributed by atoms with van der Waals surface area (Å²) in [5.74, 6) is 0.817. The van der Waals surface area contributed by atoms with Gasteiger partial charge in [-0.25, -0.2) is 0 Å². The average Bonchev–Trinajstić information content (AvgIpc) is 2.81. The quantitative estimate of drug-likeness (QED) is 0.774. The number of hydrogen-bond donors (Lipinski definition) is 0. The fourth-order valence-electron chi connectivity index (χ4n) is 2.98. The highest BCUT2D eigenvalue weighted by Gasteiger charge is 2.24. The van der Waals surface area contributed by atoms with Gasteiger partial charge < -0.3 is 4.74 Å². The third kappa shape index (κ3) is 3.47. The molecule has 1 aliphatic heterocycles. The normalized spacial score (nSPS) is 19.5. The molecule has 0 bridgehead atoms. The summed E-state index contributed by atoms with van der Waals surface area (Å²) in [7, 11) is 1.74. The number of methoxy groups -OCH3 is 1. The van der Waals surface area contributed by atoms with Crippen molar-refractivity contribution in [2.75, 3.05) is 33.4 Å². The van der Waals surface area contributed by atoms with E-state index < -0.39 is 0 Å². The van der Waals surface area contributed by atoms with E-state index in [0.717, 1.165) is 37.2 Å². The molecule has 1 atom stereocenters. The Morgan fingerprint density at radius 2 is 1.95 bits per heavy atom. The maximum absolute atomic E-state index is 12.5. The second kappa shape index (κ2) is 6.51. The molecule has 0 amide bonds. The minimum Gasteiger partial charge on any atom is -0.384 e. The highest BCUT2D eigenvalue weighted by molar-refractivity contribution is 5.99. The zero-order chi connectivity index (χ0) is 14.7. The Morgan fingerprint density at radius 3 is 2.65 bits per heavy atom. The van der Waals surface area contributed by atoms with Crippen molar-refractivity contribution in [3.63, 3.8) is 0 Å². The zero-order valence-corrected chi connectivity index (χ0v) is 13.0. The van der Waals surface area contributed by atoms with E-state index >= 15 is 0 Å². The molecule has 1 fully saturated rings. The van der Waals surface area contributed by atoms with Crippen LogP contribution in [0.4, 0.5) is 0 Å². The van der Waals surface area contributed by atoms with Crippen molar-refractivity contribution in [2.45, 2.75) is 27.2 Å². The van der Waals surface area contributed by atoms with Crippen LogP contribution in [0.3, 0.4) is 0 Å². The molecule has 1 aliphatic rings. The predicted octanol–water partition coefficient (Wildman–Crippen LogP) is 2.76. The van der Waals surface area contributed by atoms with Crippen molar-refractivity contribution in [1.29, 1.82) is 0 Å². The summed E-state index contributed by atoms with van der Waals surface area (Å²) in [6, 6.07) is 4.15. The number of carbonyl (C=O) groups is 1. The van der Waals surface area contributed by atoms with Gasteiger partial charge in [0.2, 0.25) is 0 Å². The maximum Gasteiger partial charge on any atom is 0.177 e. The number of rotatable bonds is 5. The van der Waals surface area contributed by atoms with E-state index in [-0.39, 0.29) is 5.78 Å². The smallest absolute Gasteiger partial charge is 0.177 e. The Labute approximate surface area is 121 Å². The van der Waals surface area contributed by atoms with Gasteiger partial charge in [-0.3, -0.25) is 9.69 Å². The Kier molecular flexibility index (Phi) is 4.95. The number of benzene rings is 1. The molecule has 0 saturated carbocycles. The van der Waals surface area contributed by atoms with Crippen molar-refractivity contribution in [3.05, 3.63) is 34.4 Å². The predicted molar refractivity (Wildman–Crippen MR) is 81.4 cm³/mol. The number of Topliss-reactive ketones (excluding diaryl/α,β-unsaturated/α-hetero) is 1. The van der Waals surface area contributed by atoms with E-state index in [1.54, 1.807) is 7.11 Å². The van der Waals surface area contributed by atoms with Crippen LogP contribution in [0, 0.1) is 26.7 Å². The minimum atomic E-state index is 0.240. The van der Waals surface area contributed by atoms with Gasteiger partial charge in [0.25, 0.3) is 0 Å². The van der Waals surface area contributed by atoms with Gasteiger partial charge in [-0.1, -0.05) is 6.07 Å². The molecule has 1 aromatic rings. The fraction of sp³-hybridized carbons (Fsp3) is 0.588. The average molecular weight is 275 g/mol. The summed E-state index contributed by atoms with van der Waals surface area (Å²) in [6.45, 7) is 9.49. The number of nitrogens with zero attached hydrogens (tertiary/aromatic N) is 1. The lowest BCUT2D eigenvalue weighted by molar-refractivity contribution is 0.0936. The lowest BCUT2D eigenvalue weighted by Gasteiger charge is -2.16. The number of carbonyl (C=O) groups excluding carboxylic acids is 1. The monoisotopic (exact) mass is 275 g/mol. The lowest BCUT2D eigenvalue weighted by Crippen LogP contribution is -2.28. The Hall–Kier alpha value is -1.19. The topological polar surface area (TPSA) is 29.5 Å². The SMILES string of the molecule is COCC1CCN(CC(=O)c2cc(C)c(C)cc2C)C1. The van der Waals surface area contributed by atoms with Gasteiger partial charge in [-0.2, -0.15) is 0 Å². The molecule has 1 saturated heterocycles. The van der Waals surface area contributed by atoms with Gasteiger partial charge in [0, 0.05) is 19.2 Å². The third-order valence-corrected chi connectivity index (χ3v) is 4.28. The Bertz CT molecular complexity index is 496. The number of aryl methyl sites for hydroxylation is 3. The molecule has 3 nitrogen and oxygen atoms in total. The van der Waals surface area contributed by atoms with Gasteiger partial charge in [0.15, 0.2) is 5.78 Å². The van der Waals surface area contributed by atoms with Gasteiger partial charge >= 0.3 is 0 Å². The fourth-order valence-corrected chi connectivity index (χ4v) is 2.98. The van der Waals surface area contributed by atoms with Crippen molar-refractivity contribution in [1.82, 2.24) is 4.90 Å². The number of hydrogen-bond acceptors (Lipinski definition) is 3. The van der Waals surface area contributed by atoms with Crippen molar-refractivity contribution in [3.8, 4) is 0 Å². The highest BCUT2D eigenvalue weighted by atomic mass is 16.5. The molecule has 1 heterocycles. The van der Waals surface area contributed by atoms with Crippen LogP contribution in [0.15, 0.2) is 12.1 Å². The molecule has 0 spiro atoms. The highest BCUT2D eigenvalue weighted by Crippen LogP contribution is 2.19. The van der Waals surface area contributed by atoms with E-state index in [1.807, 2.05) is 13.0 Å². The van der Waals surface area contributed by atoms with Crippen LogP contribution in [0.25, 0.3) is 0 Å². The number of likely N-dealkylation sites (tertiary alicyclic amines) is 1. The minimum absolute atomic E-state index is 0.240. The van der Waals surface area contributed by atoms with Crippen LogP contribution in [-0.4, -0.2) is 44.0 Å². The summed E-state index contributed by atoms with van der Waals surface area (Å²) >= 11 is 0. The standard InChI is InChI=1S/C17H25NO2/c1-12-7-14(3)16(8-13(12)2)17(19)10-18-6-5-15(9-18)11-20-4/h7-8,15H,5-6,9-11H2,1-4H3. The van der Waals surface area contributed by atoms with Crippen LogP contribution >= 0.6 is 0 Å². The van der Waals surface area contributed by atoms with Crippen LogP contribution in [0.1, 0.15) is 33.5 Å². The molecule has 3 heteroatoms. The molecule has 1 aromatic carbocycles. The maximum atomic E-state index is 12.5. The molecule has 0 aliphatic carbocycles. The molecular weight excluding hydrogens is 250 g/mol. The molecule has 2 rings (SSSR count). The largest absolute Gasteiger partial charge is 0.384 e. The lowest BCUT2D eigenvalue weighted by atomic mass is 9.98. The summed E-state index contributed by atoms with van der Waals surface area (Å²) in [5.41, 5.74) is 4.41. The zero-order valence-electron chi connectivity index (χ0n) is 13.0. The first kappa shape index (κ1) is 15.2. The van der Waals surface area contributed by atoms with Crippen LogP contribution < -0.4 is 0 Å². The first-order chi connectivity index (χ1) is 9.51. The summed E-state index contributed by atoms with van der Waals surface area (Å²) in [5, 5.41) is 0.